The minimum atomic E-state index is -0.511. The van der Waals surface area contributed by atoms with Crippen LogP contribution in [0.25, 0.3) is 6.08 Å². The second kappa shape index (κ2) is 12.1. The second-order valence-corrected chi connectivity index (χ2v) is 10.1. The van der Waals surface area contributed by atoms with E-state index in [9.17, 15) is 18.4 Å². The SMILES string of the molecule is Cc1ccc(N2C(=O)/C(=C\c3ccc(C(=O)OCc4ccc(F)cc4)cc3)N=C2SCc2ccc(F)cc2)cc1. The maximum atomic E-state index is 13.5. The standard InChI is InChI=1S/C32H24F2N2O3S/c1-21-2-16-28(17-3-21)36-30(37)29(35-32(36)40-20-24-8-14-27(34)15-9-24)18-22-4-10-25(11-5-22)31(38)39-19-23-6-12-26(33)13-7-23/h2-18H,19-20H2,1H3/b29-18+. The van der Waals surface area contributed by atoms with Crippen LogP contribution in [0.15, 0.2) is 108 Å². The molecular formula is C32H24F2N2O3S. The summed E-state index contributed by atoms with van der Waals surface area (Å²) in [6.07, 6.45) is 1.67. The number of esters is 1. The molecule has 0 radical (unpaired) electrons. The first-order valence-corrected chi connectivity index (χ1v) is 13.4. The molecule has 0 aromatic heterocycles. The molecule has 4 aromatic carbocycles. The summed E-state index contributed by atoms with van der Waals surface area (Å²) in [4.78, 5) is 32.1. The minimum Gasteiger partial charge on any atom is -0.457 e. The first kappa shape index (κ1) is 27.0. The molecule has 1 aliphatic rings. The zero-order valence-electron chi connectivity index (χ0n) is 21.5. The third-order valence-corrected chi connectivity index (χ3v) is 7.15. The summed E-state index contributed by atoms with van der Waals surface area (Å²) in [6.45, 7) is 2.00. The number of carbonyl (C=O) groups is 2. The molecule has 0 atom stereocenters. The number of hydrogen-bond donors (Lipinski definition) is 0. The Hall–Kier alpha value is -4.56. The van der Waals surface area contributed by atoms with E-state index in [2.05, 4.69) is 4.99 Å². The van der Waals surface area contributed by atoms with Gasteiger partial charge < -0.3 is 4.74 Å². The molecule has 40 heavy (non-hydrogen) atoms. The highest BCUT2D eigenvalue weighted by atomic mass is 32.2. The monoisotopic (exact) mass is 554 g/mol. The fourth-order valence-corrected chi connectivity index (χ4v) is 4.90. The smallest absolute Gasteiger partial charge is 0.338 e. The molecule has 0 aliphatic carbocycles. The fraction of sp³-hybridized carbons (Fsp3) is 0.0938. The molecule has 4 aromatic rings. The van der Waals surface area contributed by atoms with Crippen molar-refractivity contribution in [2.45, 2.75) is 19.3 Å². The van der Waals surface area contributed by atoms with Crippen LogP contribution in [0.4, 0.5) is 14.5 Å². The molecule has 0 N–H and O–H groups in total. The van der Waals surface area contributed by atoms with Crippen LogP contribution in [0.1, 0.15) is 32.6 Å². The second-order valence-electron chi connectivity index (χ2n) is 9.14. The van der Waals surface area contributed by atoms with Crippen LogP contribution in [0.2, 0.25) is 0 Å². The Kier molecular flexibility index (Phi) is 8.17. The number of ether oxygens (including phenoxy) is 1. The molecule has 0 saturated heterocycles. The summed E-state index contributed by atoms with van der Waals surface area (Å²) in [6, 6.07) is 26.2. The van der Waals surface area contributed by atoms with Crippen molar-refractivity contribution in [1.29, 1.82) is 0 Å². The number of amides is 1. The summed E-state index contributed by atoms with van der Waals surface area (Å²) >= 11 is 1.39. The van der Waals surface area contributed by atoms with Crippen LogP contribution in [0, 0.1) is 18.6 Å². The van der Waals surface area contributed by atoms with Crippen LogP contribution in [0.3, 0.4) is 0 Å². The number of hydrogen-bond acceptors (Lipinski definition) is 5. The average Bonchev–Trinajstić information content (AvgIpc) is 3.27. The Bertz CT molecular complexity index is 1580. The Morgan fingerprint density at radius 3 is 2.08 bits per heavy atom. The molecule has 0 spiro atoms. The van der Waals surface area contributed by atoms with E-state index >= 15 is 0 Å². The molecule has 0 bridgehead atoms. The zero-order chi connectivity index (χ0) is 28.1. The summed E-state index contributed by atoms with van der Waals surface area (Å²) in [5, 5.41) is 0.519. The number of amidine groups is 1. The Morgan fingerprint density at radius 2 is 1.45 bits per heavy atom. The molecule has 0 saturated carbocycles. The van der Waals surface area contributed by atoms with Gasteiger partial charge >= 0.3 is 5.97 Å². The van der Waals surface area contributed by atoms with Crippen molar-refractivity contribution >= 4 is 40.6 Å². The van der Waals surface area contributed by atoms with Crippen LogP contribution < -0.4 is 4.90 Å². The van der Waals surface area contributed by atoms with E-state index in [1.807, 2.05) is 31.2 Å². The molecule has 0 unspecified atom stereocenters. The van der Waals surface area contributed by atoms with E-state index < -0.39 is 5.97 Å². The van der Waals surface area contributed by atoms with Gasteiger partial charge in [0, 0.05) is 5.75 Å². The molecule has 5 nitrogen and oxygen atoms in total. The maximum Gasteiger partial charge on any atom is 0.338 e. The largest absolute Gasteiger partial charge is 0.457 e. The number of thioether (sulfide) groups is 1. The normalized spacial score (nSPS) is 14.0. The summed E-state index contributed by atoms with van der Waals surface area (Å²) < 4.78 is 31.7. The van der Waals surface area contributed by atoms with Gasteiger partial charge in [0.15, 0.2) is 5.17 Å². The van der Waals surface area contributed by atoms with E-state index in [-0.39, 0.29) is 29.8 Å². The number of benzene rings is 4. The van der Waals surface area contributed by atoms with Gasteiger partial charge in [-0.3, -0.25) is 9.69 Å². The van der Waals surface area contributed by atoms with Gasteiger partial charge in [0.2, 0.25) is 0 Å². The van der Waals surface area contributed by atoms with Crippen molar-refractivity contribution in [2.24, 2.45) is 4.99 Å². The van der Waals surface area contributed by atoms with Crippen molar-refractivity contribution in [3.8, 4) is 0 Å². The van der Waals surface area contributed by atoms with Gasteiger partial charge in [0.05, 0.1) is 11.3 Å². The third-order valence-electron chi connectivity index (χ3n) is 6.14. The van der Waals surface area contributed by atoms with E-state index in [0.717, 1.165) is 11.1 Å². The van der Waals surface area contributed by atoms with Crippen molar-refractivity contribution < 1.29 is 23.1 Å². The molecule has 8 heteroatoms. The highest BCUT2D eigenvalue weighted by Crippen LogP contribution is 2.31. The Morgan fingerprint density at radius 1 is 0.850 bits per heavy atom. The number of halogens is 2. The fourth-order valence-electron chi connectivity index (χ4n) is 3.93. The summed E-state index contributed by atoms with van der Waals surface area (Å²) in [5.74, 6) is -0.931. The van der Waals surface area contributed by atoms with Gasteiger partial charge in [-0.25, -0.2) is 18.6 Å². The van der Waals surface area contributed by atoms with Gasteiger partial charge in [-0.2, -0.15) is 0 Å². The highest BCUT2D eigenvalue weighted by Gasteiger charge is 2.32. The van der Waals surface area contributed by atoms with Crippen LogP contribution in [0.5, 0.6) is 0 Å². The molecule has 0 fully saturated rings. The number of carbonyl (C=O) groups excluding carboxylic acids is 2. The minimum absolute atomic E-state index is 0.0291. The van der Waals surface area contributed by atoms with Crippen molar-refractivity contribution in [1.82, 2.24) is 0 Å². The zero-order valence-corrected chi connectivity index (χ0v) is 22.3. The lowest BCUT2D eigenvalue weighted by Crippen LogP contribution is -2.30. The van der Waals surface area contributed by atoms with Crippen LogP contribution in [-0.4, -0.2) is 17.0 Å². The number of anilines is 1. The van der Waals surface area contributed by atoms with Crippen LogP contribution in [-0.2, 0) is 21.9 Å². The predicted octanol–water partition coefficient (Wildman–Crippen LogP) is 7.31. The summed E-state index contributed by atoms with van der Waals surface area (Å²) in [7, 11) is 0. The van der Waals surface area contributed by atoms with E-state index in [1.165, 1.54) is 36.0 Å². The average molecular weight is 555 g/mol. The van der Waals surface area contributed by atoms with Crippen LogP contribution >= 0.6 is 11.8 Å². The van der Waals surface area contributed by atoms with Crippen molar-refractivity contribution in [2.75, 3.05) is 4.90 Å². The van der Waals surface area contributed by atoms with Gasteiger partial charge in [-0.15, -0.1) is 0 Å². The first-order chi connectivity index (χ1) is 19.4. The Labute approximate surface area is 234 Å². The lowest BCUT2D eigenvalue weighted by Gasteiger charge is -2.18. The lowest BCUT2D eigenvalue weighted by atomic mass is 10.1. The lowest BCUT2D eigenvalue weighted by molar-refractivity contribution is -0.113. The molecule has 5 rings (SSSR count). The quantitative estimate of drug-likeness (QED) is 0.178. The maximum absolute atomic E-state index is 13.5. The van der Waals surface area contributed by atoms with Gasteiger partial charge in [-0.05, 0) is 78.2 Å². The topological polar surface area (TPSA) is 59.0 Å². The van der Waals surface area contributed by atoms with E-state index in [0.29, 0.717) is 33.3 Å². The van der Waals surface area contributed by atoms with E-state index in [4.69, 9.17) is 4.74 Å². The van der Waals surface area contributed by atoms with Crippen molar-refractivity contribution in [3.05, 3.63) is 142 Å². The number of aryl methyl sites for hydroxylation is 1. The van der Waals surface area contributed by atoms with Gasteiger partial charge in [-0.1, -0.05) is 65.9 Å². The molecule has 1 heterocycles. The Balaban J connectivity index is 1.32. The third kappa shape index (κ3) is 6.52. The molecule has 1 amide bonds. The molecular weight excluding hydrogens is 530 g/mol. The summed E-state index contributed by atoms with van der Waals surface area (Å²) in [5.41, 5.74) is 4.65. The molecule has 200 valence electrons. The van der Waals surface area contributed by atoms with E-state index in [1.54, 1.807) is 59.5 Å². The van der Waals surface area contributed by atoms with Gasteiger partial charge in [0.1, 0.15) is 23.9 Å². The predicted molar refractivity (Wildman–Crippen MR) is 154 cm³/mol. The number of aliphatic imine (C=N–C) groups is 1. The molecule has 1 aliphatic heterocycles. The number of nitrogens with zero attached hydrogens (tertiary/aromatic N) is 2. The van der Waals surface area contributed by atoms with Crippen molar-refractivity contribution in [3.63, 3.8) is 0 Å². The van der Waals surface area contributed by atoms with Gasteiger partial charge in [0.25, 0.3) is 5.91 Å². The highest BCUT2D eigenvalue weighted by molar-refractivity contribution is 8.13. The first-order valence-electron chi connectivity index (χ1n) is 12.5. The number of rotatable bonds is 7.